The number of nitrogens with one attached hydrogen (secondary N) is 2. The van der Waals surface area contributed by atoms with Gasteiger partial charge in [0.15, 0.2) is 5.76 Å². The Labute approximate surface area is 123 Å². The number of furan rings is 1. The van der Waals surface area contributed by atoms with Gasteiger partial charge in [-0.1, -0.05) is 13.0 Å². The van der Waals surface area contributed by atoms with Crippen LogP contribution in [0, 0.1) is 0 Å². The summed E-state index contributed by atoms with van der Waals surface area (Å²) in [4.78, 5) is 11.8. The Bertz CT molecular complexity index is 708. The van der Waals surface area contributed by atoms with E-state index in [0.29, 0.717) is 17.8 Å². The minimum Gasteiger partial charge on any atom is -0.459 e. The van der Waals surface area contributed by atoms with E-state index in [0.717, 1.165) is 0 Å². The molecule has 0 aliphatic rings. The Morgan fingerprint density at radius 2 is 1.95 bits per heavy atom. The average molecular weight is 308 g/mol. The lowest BCUT2D eigenvalue weighted by atomic mass is 10.3. The van der Waals surface area contributed by atoms with E-state index in [4.69, 9.17) is 4.42 Å². The van der Waals surface area contributed by atoms with Crippen LogP contribution in [0.4, 0.5) is 11.4 Å². The molecule has 0 spiro atoms. The number of hydrogen-bond donors (Lipinski definition) is 2. The molecule has 0 radical (unpaired) electrons. The lowest BCUT2D eigenvalue weighted by Gasteiger charge is -2.09. The minimum atomic E-state index is -3.35. The Morgan fingerprint density at radius 1 is 1.19 bits per heavy atom. The van der Waals surface area contributed by atoms with Crippen molar-refractivity contribution in [1.29, 1.82) is 0 Å². The SMILES string of the molecule is CCCS(=O)(=O)Nc1cccc(NC(=O)c2ccco2)c1. The molecule has 0 bridgehead atoms. The van der Waals surface area contributed by atoms with Crippen molar-refractivity contribution < 1.29 is 17.6 Å². The zero-order chi connectivity index (χ0) is 15.3. The Morgan fingerprint density at radius 3 is 2.62 bits per heavy atom. The van der Waals surface area contributed by atoms with E-state index in [1.165, 1.54) is 6.26 Å². The molecule has 0 aliphatic heterocycles. The largest absolute Gasteiger partial charge is 0.459 e. The molecule has 1 aromatic heterocycles. The van der Waals surface area contributed by atoms with Crippen LogP contribution >= 0.6 is 0 Å². The maximum absolute atomic E-state index is 11.8. The van der Waals surface area contributed by atoms with Crippen molar-refractivity contribution in [2.75, 3.05) is 15.8 Å². The van der Waals surface area contributed by atoms with Gasteiger partial charge < -0.3 is 9.73 Å². The quantitative estimate of drug-likeness (QED) is 0.858. The number of amides is 1. The van der Waals surface area contributed by atoms with E-state index in [2.05, 4.69) is 10.0 Å². The van der Waals surface area contributed by atoms with E-state index in [-0.39, 0.29) is 11.5 Å². The summed E-state index contributed by atoms with van der Waals surface area (Å²) in [6.45, 7) is 1.79. The van der Waals surface area contributed by atoms with Crippen LogP contribution in [-0.4, -0.2) is 20.1 Å². The van der Waals surface area contributed by atoms with E-state index < -0.39 is 15.9 Å². The van der Waals surface area contributed by atoms with E-state index in [1.54, 1.807) is 43.3 Å². The molecule has 2 rings (SSSR count). The Kier molecular flexibility index (Phi) is 4.64. The fourth-order valence-corrected chi connectivity index (χ4v) is 2.89. The van der Waals surface area contributed by atoms with Crippen molar-refractivity contribution in [1.82, 2.24) is 0 Å². The van der Waals surface area contributed by atoms with Gasteiger partial charge in [0, 0.05) is 5.69 Å². The van der Waals surface area contributed by atoms with Crippen LogP contribution in [-0.2, 0) is 10.0 Å². The summed E-state index contributed by atoms with van der Waals surface area (Å²) in [6.07, 6.45) is 1.94. The average Bonchev–Trinajstić information content (AvgIpc) is 2.92. The molecule has 0 saturated carbocycles. The van der Waals surface area contributed by atoms with Gasteiger partial charge in [0.25, 0.3) is 5.91 Å². The second kappa shape index (κ2) is 6.45. The molecule has 0 unspecified atom stereocenters. The molecule has 21 heavy (non-hydrogen) atoms. The van der Waals surface area contributed by atoms with Gasteiger partial charge in [-0.15, -0.1) is 0 Å². The standard InChI is InChI=1S/C14H16N2O4S/c1-2-9-21(18,19)16-12-6-3-5-11(10-12)15-14(17)13-7-4-8-20-13/h3-8,10,16H,2,9H2,1H3,(H,15,17). The van der Waals surface area contributed by atoms with Crippen LogP contribution in [0.3, 0.4) is 0 Å². The highest BCUT2D eigenvalue weighted by Crippen LogP contribution is 2.17. The predicted octanol–water partition coefficient (Wildman–Crippen LogP) is 2.68. The number of carbonyl (C=O) groups is 1. The number of rotatable bonds is 6. The highest BCUT2D eigenvalue weighted by atomic mass is 32.2. The normalized spacial score (nSPS) is 11.1. The maximum Gasteiger partial charge on any atom is 0.291 e. The zero-order valence-electron chi connectivity index (χ0n) is 11.5. The molecule has 0 saturated heterocycles. The van der Waals surface area contributed by atoms with Crippen LogP contribution in [0.15, 0.2) is 47.1 Å². The van der Waals surface area contributed by atoms with Gasteiger partial charge in [-0.05, 0) is 36.8 Å². The summed E-state index contributed by atoms with van der Waals surface area (Å²) in [7, 11) is -3.35. The third-order valence-corrected chi connectivity index (χ3v) is 4.10. The highest BCUT2D eigenvalue weighted by molar-refractivity contribution is 7.92. The van der Waals surface area contributed by atoms with Crippen LogP contribution in [0.1, 0.15) is 23.9 Å². The molecule has 1 aromatic carbocycles. The molecule has 0 fully saturated rings. The summed E-state index contributed by atoms with van der Waals surface area (Å²) >= 11 is 0. The monoisotopic (exact) mass is 308 g/mol. The molecule has 2 aromatic rings. The maximum atomic E-state index is 11.8. The third-order valence-electron chi connectivity index (χ3n) is 2.61. The lowest BCUT2D eigenvalue weighted by Crippen LogP contribution is -2.16. The number of benzene rings is 1. The van der Waals surface area contributed by atoms with Gasteiger partial charge in [-0.3, -0.25) is 9.52 Å². The number of carbonyl (C=O) groups excluding carboxylic acids is 1. The first-order valence-electron chi connectivity index (χ1n) is 6.45. The summed E-state index contributed by atoms with van der Waals surface area (Å²) in [6, 6.07) is 9.65. The van der Waals surface area contributed by atoms with Crippen molar-refractivity contribution in [3.8, 4) is 0 Å². The molecule has 0 atom stereocenters. The van der Waals surface area contributed by atoms with Gasteiger partial charge in [-0.2, -0.15) is 0 Å². The van der Waals surface area contributed by atoms with E-state index in [9.17, 15) is 13.2 Å². The van der Waals surface area contributed by atoms with Gasteiger partial charge in [0.1, 0.15) is 0 Å². The minimum absolute atomic E-state index is 0.0516. The molecule has 1 amide bonds. The first kappa shape index (κ1) is 15.1. The van der Waals surface area contributed by atoms with Crippen LogP contribution in [0.5, 0.6) is 0 Å². The smallest absolute Gasteiger partial charge is 0.291 e. The lowest BCUT2D eigenvalue weighted by molar-refractivity contribution is 0.0996. The fourth-order valence-electron chi connectivity index (χ4n) is 1.76. The molecular weight excluding hydrogens is 292 g/mol. The Balaban J connectivity index is 2.09. The summed E-state index contributed by atoms with van der Waals surface area (Å²) in [5, 5.41) is 2.63. The van der Waals surface area contributed by atoms with E-state index in [1.807, 2.05) is 0 Å². The van der Waals surface area contributed by atoms with Crippen molar-refractivity contribution in [2.45, 2.75) is 13.3 Å². The second-order valence-electron chi connectivity index (χ2n) is 4.43. The first-order chi connectivity index (χ1) is 10.00. The van der Waals surface area contributed by atoms with Gasteiger partial charge in [0.05, 0.1) is 17.7 Å². The zero-order valence-corrected chi connectivity index (χ0v) is 12.3. The van der Waals surface area contributed by atoms with Gasteiger partial charge >= 0.3 is 0 Å². The van der Waals surface area contributed by atoms with Crippen molar-refractivity contribution in [2.24, 2.45) is 0 Å². The Hall–Kier alpha value is -2.28. The van der Waals surface area contributed by atoms with Crippen LogP contribution in [0.2, 0.25) is 0 Å². The summed E-state index contributed by atoms with van der Waals surface area (Å²) < 4.78 is 30.9. The molecular formula is C14H16N2O4S. The molecule has 7 heteroatoms. The summed E-state index contributed by atoms with van der Waals surface area (Å²) in [5.41, 5.74) is 0.883. The third kappa shape index (κ3) is 4.35. The summed E-state index contributed by atoms with van der Waals surface area (Å²) in [5.74, 6) is -0.156. The van der Waals surface area contributed by atoms with E-state index >= 15 is 0 Å². The molecule has 2 N–H and O–H groups in total. The second-order valence-corrected chi connectivity index (χ2v) is 6.28. The van der Waals surface area contributed by atoms with Crippen molar-refractivity contribution in [3.05, 3.63) is 48.4 Å². The van der Waals surface area contributed by atoms with Gasteiger partial charge in [0.2, 0.25) is 10.0 Å². The highest BCUT2D eigenvalue weighted by Gasteiger charge is 2.11. The molecule has 112 valence electrons. The number of anilines is 2. The fraction of sp³-hybridized carbons (Fsp3) is 0.214. The number of sulfonamides is 1. The van der Waals surface area contributed by atoms with Crippen molar-refractivity contribution in [3.63, 3.8) is 0 Å². The van der Waals surface area contributed by atoms with Gasteiger partial charge in [-0.25, -0.2) is 8.42 Å². The van der Waals surface area contributed by atoms with Crippen LogP contribution in [0.25, 0.3) is 0 Å². The van der Waals surface area contributed by atoms with Crippen LogP contribution < -0.4 is 10.0 Å². The molecule has 1 heterocycles. The molecule has 6 nitrogen and oxygen atoms in total. The topological polar surface area (TPSA) is 88.4 Å². The first-order valence-corrected chi connectivity index (χ1v) is 8.11. The number of hydrogen-bond acceptors (Lipinski definition) is 4. The molecule has 0 aliphatic carbocycles. The predicted molar refractivity (Wildman–Crippen MR) is 80.8 cm³/mol. The van der Waals surface area contributed by atoms with Crippen molar-refractivity contribution >= 4 is 27.3 Å².